The molecule has 0 aliphatic heterocycles. The summed E-state index contributed by atoms with van der Waals surface area (Å²) in [5.74, 6) is -1.48. The molecule has 0 saturated heterocycles. The Morgan fingerprint density at radius 2 is 1.81 bits per heavy atom. The molecular formula is C19H24F3N3O2. The van der Waals surface area contributed by atoms with Crippen molar-refractivity contribution in [3.05, 3.63) is 35.7 Å². The highest BCUT2D eigenvalue weighted by Gasteiger charge is 2.38. The van der Waals surface area contributed by atoms with Gasteiger partial charge >= 0.3 is 12.1 Å². The number of carbonyl (C=O) groups excluding carboxylic acids is 1. The smallest absolute Gasteiger partial charge is 0.349 e. The van der Waals surface area contributed by atoms with Crippen molar-refractivity contribution in [1.82, 2.24) is 15.5 Å². The average molecular weight is 383 g/mol. The van der Waals surface area contributed by atoms with Crippen LogP contribution < -0.4 is 5.32 Å². The molecule has 5 nitrogen and oxygen atoms in total. The first-order chi connectivity index (χ1) is 12.8. The van der Waals surface area contributed by atoms with Crippen LogP contribution in [-0.4, -0.2) is 16.0 Å². The summed E-state index contributed by atoms with van der Waals surface area (Å²) in [5, 5.41) is 6.43. The number of nitrogens with zero attached hydrogens (tertiary/aromatic N) is 2. The second-order valence-electron chi connectivity index (χ2n) is 6.41. The number of nitrogens with one attached hydrogen (secondary N) is 1. The van der Waals surface area contributed by atoms with Crippen LogP contribution in [0.2, 0.25) is 0 Å². The van der Waals surface area contributed by atoms with Crippen molar-refractivity contribution in [2.24, 2.45) is 0 Å². The molecule has 2 aromatic rings. The van der Waals surface area contributed by atoms with Gasteiger partial charge in [-0.2, -0.15) is 18.2 Å². The van der Waals surface area contributed by atoms with Crippen LogP contribution >= 0.6 is 0 Å². The number of aromatic nitrogens is 2. The molecule has 0 bridgehead atoms. The molecule has 1 aromatic carbocycles. The second-order valence-corrected chi connectivity index (χ2v) is 6.41. The van der Waals surface area contributed by atoms with Gasteiger partial charge < -0.3 is 9.84 Å². The third-order valence-corrected chi connectivity index (χ3v) is 4.18. The molecule has 148 valence electrons. The highest BCUT2D eigenvalue weighted by molar-refractivity contribution is 5.76. The maximum Gasteiger partial charge on any atom is 0.471 e. The first-order valence-electron chi connectivity index (χ1n) is 9.15. The fraction of sp³-hybridized carbons (Fsp3) is 0.526. The van der Waals surface area contributed by atoms with Gasteiger partial charge in [-0.25, -0.2) is 0 Å². The molecule has 0 spiro atoms. The minimum atomic E-state index is -4.67. The standard InChI is InChI=1S/C19H24F3N3O2/c1-3-5-7-15(23-16(26)8-6-4-2)13-9-11-14(12-10-13)17-24-18(27-25-17)19(20,21)22/h9-12,15H,3-8H2,1-2H3,(H,23,26). The van der Waals surface area contributed by atoms with Crippen molar-refractivity contribution in [2.45, 2.75) is 64.6 Å². The van der Waals surface area contributed by atoms with Gasteiger partial charge in [0.25, 0.3) is 0 Å². The zero-order valence-corrected chi connectivity index (χ0v) is 15.5. The predicted octanol–water partition coefficient (Wildman–Crippen LogP) is 5.29. The van der Waals surface area contributed by atoms with Crippen LogP contribution in [0.15, 0.2) is 28.8 Å². The van der Waals surface area contributed by atoms with Gasteiger partial charge in [-0.15, -0.1) is 0 Å². The Kier molecular flexibility index (Phi) is 7.38. The first kappa shape index (κ1) is 20.9. The van der Waals surface area contributed by atoms with E-state index in [1.807, 2.05) is 6.92 Å². The van der Waals surface area contributed by atoms with Crippen molar-refractivity contribution in [3.63, 3.8) is 0 Å². The normalized spacial score (nSPS) is 12.8. The molecule has 1 atom stereocenters. The Bertz CT molecular complexity index is 727. The van der Waals surface area contributed by atoms with E-state index in [0.717, 1.165) is 37.7 Å². The zero-order chi connectivity index (χ0) is 19.9. The first-order valence-corrected chi connectivity index (χ1v) is 9.15. The third-order valence-electron chi connectivity index (χ3n) is 4.18. The Morgan fingerprint density at radius 1 is 1.15 bits per heavy atom. The summed E-state index contributed by atoms with van der Waals surface area (Å²) in [6.07, 6.45) is 0.368. The highest BCUT2D eigenvalue weighted by Crippen LogP contribution is 2.30. The lowest BCUT2D eigenvalue weighted by Crippen LogP contribution is -2.28. The average Bonchev–Trinajstić information content (AvgIpc) is 3.14. The molecule has 2 rings (SSSR count). The van der Waals surface area contributed by atoms with E-state index in [0.29, 0.717) is 12.0 Å². The van der Waals surface area contributed by atoms with Crippen LogP contribution in [0.25, 0.3) is 11.4 Å². The van der Waals surface area contributed by atoms with Crippen molar-refractivity contribution in [2.75, 3.05) is 0 Å². The SMILES string of the molecule is CCCCC(=O)NC(CCCC)c1ccc(-c2noc(C(F)(F)F)n2)cc1. The molecular weight excluding hydrogens is 359 g/mol. The molecule has 1 amide bonds. The molecule has 1 unspecified atom stereocenters. The molecule has 0 fully saturated rings. The van der Waals surface area contributed by atoms with Crippen molar-refractivity contribution >= 4 is 5.91 Å². The number of halogens is 3. The van der Waals surface area contributed by atoms with Crippen molar-refractivity contribution in [1.29, 1.82) is 0 Å². The van der Waals surface area contributed by atoms with Gasteiger partial charge in [0, 0.05) is 12.0 Å². The number of unbranched alkanes of at least 4 members (excludes halogenated alkanes) is 2. The summed E-state index contributed by atoms with van der Waals surface area (Å²) >= 11 is 0. The highest BCUT2D eigenvalue weighted by atomic mass is 19.4. The fourth-order valence-electron chi connectivity index (χ4n) is 2.65. The topological polar surface area (TPSA) is 68.0 Å². The van der Waals surface area contributed by atoms with Crippen molar-refractivity contribution < 1.29 is 22.5 Å². The third kappa shape index (κ3) is 6.08. The van der Waals surface area contributed by atoms with E-state index < -0.39 is 12.1 Å². The van der Waals surface area contributed by atoms with E-state index in [-0.39, 0.29) is 17.8 Å². The van der Waals surface area contributed by atoms with E-state index >= 15 is 0 Å². The number of benzene rings is 1. The summed E-state index contributed by atoms with van der Waals surface area (Å²) < 4.78 is 42.0. The number of carbonyl (C=O) groups is 1. The summed E-state index contributed by atoms with van der Waals surface area (Å²) in [5.41, 5.74) is 1.32. The summed E-state index contributed by atoms with van der Waals surface area (Å²) in [6, 6.07) is 6.70. The second kappa shape index (κ2) is 9.53. The van der Waals surface area contributed by atoms with Crippen LogP contribution in [0, 0.1) is 0 Å². The Morgan fingerprint density at radius 3 is 2.37 bits per heavy atom. The molecule has 27 heavy (non-hydrogen) atoms. The molecule has 1 N–H and O–H groups in total. The van der Waals surface area contributed by atoms with Crippen LogP contribution in [0.4, 0.5) is 13.2 Å². The summed E-state index contributed by atoms with van der Waals surface area (Å²) in [6.45, 7) is 4.11. The minimum Gasteiger partial charge on any atom is -0.349 e. The van der Waals surface area contributed by atoms with Gasteiger partial charge in [0.1, 0.15) is 0 Å². The monoisotopic (exact) mass is 383 g/mol. The van der Waals surface area contributed by atoms with Crippen LogP contribution in [0.3, 0.4) is 0 Å². The zero-order valence-electron chi connectivity index (χ0n) is 15.5. The van der Waals surface area contributed by atoms with E-state index in [9.17, 15) is 18.0 Å². The van der Waals surface area contributed by atoms with E-state index in [1.165, 1.54) is 0 Å². The van der Waals surface area contributed by atoms with Gasteiger partial charge in [0.15, 0.2) is 0 Å². The number of hydrogen-bond donors (Lipinski definition) is 1. The molecule has 1 heterocycles. The summed E-state index contributed by atoms with van der Waals surface area (Å²) in [7, 11) is 0. The van der Waals surface area contributed by atoms with Crippen LogP contribution in [0.5, 0.6) is 0 Å². The molecule has 0 aliphatic carbocycles. The minimum absolute atomic E-state index is 0.00927. The van der Waals surface area contributed by atoms with E-state index in [2.05, 4.69) is 26.9 Å². The Labute approximate surface area is 156 Å². The van der Waals surface area contributed by atoms with Gasteiger partial charge in [-0.05, 0) is 18.4 Å². The number of rotatable bonds is 9. The number of amides is 1. The van der Waals surface area contributed by atoms with Gasteiger partial charge in [0.05, 0.1) is 6.04 Å². The van der Waals surface area contributed by atoms with Gasteiger partial charge in [-0.3, -0.25) is 4.79 Å². The van der Waals surface area contributed by atoms with Crippen LogP contribution in [-0.2, 0) is 11.0 Å². The lowest BCUT2D eigenvalue weighted by molar-refractivity contribution is -0.159. The largest absolute Gasteiger partial charge is 0.471 e. The molecule has 1 aromatic heterocycles. The lowest BCUT2D eigenvalue weighted by Gasteiger charge is -2.19. The quantitative estimate of drug-likeness (QED) is 0.639. The molecule has 0 saturated carbocycles. The predicted molar refractivity (Wildman–Crippen MR) is 94.7 cm³/mol. The fourth-order valence-corrected chi connectivity index (χ4v) is 2.65. The maximum atomic E-state index is 12.6. The van der Waals surface area contributed by atoms with Gasteiger partial charge in [-0.1, -0.05) is 62.5 Å². The number of alkyl halides is 3. The van der Waals surface area contributed by atoms with Crippen molar-refractivity contribution in [3.8, 4) is 11.4 Å². The number of hydrogen-bond acceptors (Lipinski definition) is 4. The van der Waals surface area contributed by atoms with Gasteiger partial charge in [0.2, 0.25) is 11.7 Å². The Balaban J connectivity index is 2.13. The van der Waals surface area contributed by atoms with E-state index in [4.69, 9.17) is 0 Å². The maximum absolute atomic E-state index is 12.6. The molecule has 0 radical (unpaired) electrons. The Hall–Kier alpha value is -2.38. The lowest BCUT2D eigenvalue weighted by atomic mass is 9.99. The van der Waals surface area contributed by atoms with Crippen LogP contribution in [0.1, 0.15) is 69.9 Å². The molecule has 8 heteroatoms. The summed E-state index contributed by atoms with van der Waals surface area (Å²) in [4.78, 5) is 15.5. The van der Waals surface area contributed by atoms with E-state index in [1.54, 1.807) is 24.3 Å². The molecule has 0 aliphatic rings.